The topological polar surface area (TPSA) is 74.3 Å². The lowest BCUT2D eigenvalue weighted by atomic mass is 10.2. The highest BCUT2D eigenvalue weighted by Crippen LogP contribution is 2.32. The molecule has 2 aliphatic heterocycles. The lowest BCUT2D eigenvalue weighted by Crippen LogP contribution is -2.52. The van der Waals surface area contributed by atoms with Crippen LogP contribution in [0, 0.1) is 0 Å². The first-order valence-electron chi connectivity index (χ1n) is 9.59. The van der Waals surface area contributed by atoms with E-state index in [0.717, 1.165) is 31.9 Å². The van der Waals surface area contributed by atoms with Crippen LogP contribution in [0.3, 0.4) is 0 Å². The lowest BCUT2D eigenvalue weighted by Gasteiger charge is -2.38. The molecule has 0 bridgehead atoms. The molecule has 1 atom stereocenters. The van der Waals surface area contributed by atoms with E-state index >= 15 is 0 Å². The molecule has 0 aliphatic carbocycles. The van der Waals surface area contributed by atoms with Crippen LogP contribution in [0.4, 0.5) is 11.4 Å². The fraction of sp³-hybridized carbons (Fsp3) is 0.381. The largest absolute Gasteiger partial charge is 0.506 e. The number of amides is 1. The van der Waals surface area contributed by atoms with Crippen molar-refractivity contribution in [3.63, 3.8) is 0 Å². The van der Waals surface area contributed by atoms with Gasteiger partial charge in [-0.25, -0.2) is 0 Å². The average Bonchev–Trinajstić information content (AvgIpc) is 2.73. The standard InChI is InChI=1S/C21H25N3O4/c1-15(21(26)22-16-6-7-19-20(14-16)28-13-12-27-19)23-8-10-24(11-9-23)17-4-2-3-5-18(17)25/h2-7,14-15,25H,8-13H2,1H3,(H,22,26)/t15-/m0/s1. The zero-order valence-electron chi connectivity index (χ0n) is 15.9. The van der Waals surface area contributed by atoms with Crippen LogP contribution in [0.15, 0.2) is 42.5 Å². The van der Waals surface area contributed by atoms with Crippen molar-refractivity contribution in [2.24, 2.45) is 0 Å². The Balaban J connectivity index is 1.34. The van der Waals surface area contributed by atoms with Gasteiger partial charge in [-0.15, -0.1) is 0 Å². The predicted molar refractivity (Wildman–Crippen MR) is 107 cm³/mol. The minimum absolute atomic E-state index is 0.0484. The maximum absolute atomic E-state index is 12.7. The first-order chi connectivity index (χ1) is 13.6. The third-order valence-corrected chi connectivity index (χ3v) is 5.27. The Morgan fingerprint density at radius 2 is 1.75 bits per heavy atom. The highest BCUT2D eigenvalue weighted by Gasteiger charge is 2.26. The van der Waals surface area contributed by atoms with Crippen molar-refractivity contribution >= 4 is 17.3 Å². The number of phenolic OH excluding ortho intramolecular Hbond substituents is 1. The number of aromatic hydroxyl groups is 1. The van der Waals surface area contributed by atoms with E-state index in [4.69, 9.17) is 9.47 Å². The molecule has 2 N–H and O–H groups in total. The van der Waals surface area contributed by atoms with Gasteiger partial charge in [0.1, 0.15) is 19.0 Å². The van der Waals surface area contributed by atoms with Crippen molar-refractivity contribution in [1.29, 1.82) is 0 Å². The molecule has 0 saturated carbocycles. The number of benzene rings is 2. The Bertz CT molecular complexity index is 849. The van der Waals surface area contributed by atoms with Gasteiger partial charge in [-0.05, 0) is 31.2 Å². The van der Waals surface area contributed by atoms with Crippen molar-refractivity contribution in [2.75, 3.05) is 49.6 Å². The van der Waals surface area contributed by atoms with Crippen LogP contribution in [0.25, 0.3) is 0 Å². The minimum Gasteiger partial charge on any atom is -0.506 e. The van der Waals surface area contributed by atoms with Crippen molar-refractivity contribution in [3.8, 4) is 17.2 Å². The number of piperazine rings is 1. The molecule has 0 radical (unpaired) electrons. The van der Waals surface area contributed by atoms with Crippen LogP contribution in [-0.2, 0) is 4.79 Å². The van der Waals surface area contributed by atoms with E-state index in [-0.39, 0.29) is 11.9 Å². The smallest absolute Gasteiger partial charge is 0.241 e. The number of ether oxygens (including phenoxy) is 2. The summed E-state index contributed by atoms with van der Waals surface area (Å²) >= 11 is 0. The van der Waals surface area contributed by atoms with Crippen molar-refractivity contribution in [3.05, 3.63) is 42.5 Å². The van der Waals surface area contributed by atoms with E-state index in [0.29, 0.717) is 36.1 Å². The van der Waals surface area contributed by atoms with E-state index in [9.17, 15) is 9.90 Å². The van der Waals surface area contributed by atoms with Gasteiger partial charge in [-0.2, -0.15) is 0 Å². The molecule has 1 fully saturated rings. The molecule has 2 aromatic rings. The van der Waals surface area contributed by atoms with E-state index in [1.807, 2.05) is 37.3 Å². The molecule has 0 aromatic heterocycles. The number of nitrogens with zero attached hydrogens (tertiary/aromatic N) is 2. The van der Waals surface area contributed by atoms with Gasteiger partial charge in [-0.3, -0.25) is 9.69 Å². The molecule has 2 aromatic carbocycles. The fourth-order valence-electron chi connectivity index (χ4n) is 3.62. The fourth-order valence-corrected chi connectivity index (χ4v) is 3.62. The summed E-state index contributed by atoms with van der Waals surface area (Å²) in [5.41, 5.74) is 1.55. The Morgan fingerprint density at radius 3 is 2.50 bits per heavy atom. The molecular formula is C21H25N3O4. The zero-order chi connectivity index (χ0) is 19.5. The van der Waals surface area contributed by atoms with E-state index in [1.54, 1.807) is 12.1 Å². The van der Waals surface area contributed by atoms with E-state index in [1.165, 1.54) is 0 Å². The highest BCUT2D eigenvalue weighted by atomic mass is 16.6. The SMILES string of the molecule is C[C@@H](C(=O)Nc1ccc2c(c1)OCCO2)N1CCN(c2ccccc2O)CC1. The monoisotopic (exact) mass is 383 g/mol. The Hall–Kier alpha value is -2.93. The first kappa shape index (κ1) is 18.4. The van der Waals surface area contributed by atoms with Crippen LogP contribution in [0.1, 0.15) is 6.92 Å². The predicted octanol–water partition coefficient (Wildman–Crippen LogP) is 2.31. The summed E-state index contributed by atoms with van der Waals surface area (Å²) in [5, 5.41) is 13.0. The molecule has 2 heterocycles. The molecule has 7 nitrogen and oxygen atoms in total. The molecule has 148 valence electrons. The Kier molecular flexibility index (Phi) is 5.25. The molecule has 4 rings (SSSR count). The van der Waals surface area contributed by atoms with Gasteiger partial charge >= 0.3 is 0 Å². The Labute approximate surface area is 164 Å². The summed E-state index contributed by atoms with van der Waals surface area (Å²) < 4.78 is 11.1. The van der Waals surface area contributed by atoms with Gasteiger partial charge in [0, 0.05) is 37.9 Å². The third-order valence-electron chi connectivity index (χ3n) is 5.27. The molecule has 7 heteroatoms. The molecular weight excluding hydrogens is 358 g/mol. The van der Waals surface area contributed by atoms with Gasteiger partial charge in [0.15, 0.2) is 11.5 Å². The summed E-state index contributed by atoms with van der Waals surface area (Å²) in [6.45, 7) is 6.01. The van der Waals surface area contributed by atoms with Gasteiger partial charge in [0.05, 0.1) is 11.7 Å². The number of fused-ring (bicyclic) bond motifs is 1. The molecule has 0 spiro atoms. The minimum atomic E-state index is -0.250. The van der Waals surface area contributed by atoms with E-state index < -0.39 is 0 Å². The number of nitrogens with one attached hydrogen (secondary N) is 1. The molecule has 0 unspecified atom stereocenters. The summed E-state index contributed by atoms with van der Waals surface area (Å²) in [6, 6.07) is 12.6. The normalized spacial score (nSPS) is 17.8. The molecule has 1 amide bonds. The number of hydrogen-bond donors (Lipinski definition) is 2. The number of rotatable bonds is 4. The molecule has 28 heavy (non-hydrogen) atoms. The summed E-state index contributed by atoms with van der Waals surface area (Å²) in [6.07, 6.45) is 0. The third kappa shape index (κ3) is 3.84. The van der Waals surface area contributed by atoms with Crippen LogP contribution in [-0.4, -0.2) is 61.3 Å². The number of para-hydroxylation sites is 2. The highest BCUT2D eigenvalue weighted by molar-refractivity contribution is 5.94. The van der Waals surface area contributed by atoms with E-state index in [2.05, 4.69) is 15.1 Å². The summed E-state index contributed by atoms with van der Waals surface area (Å²) in [4.78, 5) is 17.0. The molecule has 2 aliphatic rings. The average molecular weight is 383 g/mol. The second-order valence-corrected chi connectivity index (χ2v) is 7.04. The maximum atomic E-state index is 12.7. The molecule has 1 saturated heterocycles. The van der Waals surface area contributed by atoms with Crippen LogP contribution in [0.2, 0.25) is 0 Å². The van der Waals surface area contributed by atoms with Gasteiger partial charge in [0.2, 0.25) is 5.91 Å². The second kappa shape index (κ2) is 7.98. The van der Waals surface area contributed by atoms with Gasteiger partial charge in [-0.1, -0.05) is 12.1 Å². The number of carbonyl (C=O) groups excluding carboxylic acids is 1. The van der Waals surface area contributed by atoms with Crippen molar-refractivity contribution < 1.29 is 19.4 Å². The number of carbonyl (C=O) groups is 1. The maximum Gasteiger partial charge on any atom is 0.241 e. The number of hydrogen-bond acceptors (Lipinski definition) is 6. The van der Waals surface area contributed by atoms with Crippen LogP contribution >= 0.6 is 0 Å². The zero-order valence-corrected chi connectivity index (χ0v) is 15.9. The number of anilines is 2. The lowest BCUT2D eigenvalue weighted by molar-refractivity contribution is -0.120. The first-order valence-corrected chi connectivity index (χ1v) is 9.59. The van der Waals surface area contributed by atoms with Gasteiger partial charge in [0.25, 0.3) is 0 Å². The van der Waals surface area contributed by atoms with Crippen LogP contribution in [0.5, 0.6) is 17.2 Å². The van der Waals surface area contributed by atoms with Gasteiger partial charge < -0.3 is 24.8 Å². The summed E-state index contributed by atoms with van der Waals surface area (Å²) in [5.74, 6) is 1.61. The summed E-state index contributed by atoms with van der Waals surface area (Å²) in [7, 11) is 0. The van der Waals surface area contributed by atoms with Crippen LogP contribution < -0.4 is 19.7 Å². The van der Waals surface area contributed by atoms with Crippen molar-refractivity contribution in [2.45, 2.75) is 13.0 Å². The Morgan fingerprint density at radius 1 is 1.04 bits per heavy atom. The van der Waals surface area contributed by atoms with Crippen molar-refractivity contribution in [1.82, 2.24) is 4.90 Å². The second-order valence-electron chi connectivity index (χ2n) is 7.04. The quantitative estimate of drug-likeness (QED) is 0.844. The number of phenols is 1.